The monoisotopic (exact) mass is 719 g/mol. The minimum absolute atomic E-state index is 0.863. The molecule has 0 aliphatic carbocycles. The highest BCUT2D eigenvalue weighted by Gasteiger charge is 2.43. The first-order valence-electron chi connectivity index (χ1n) is 18.8. The van der Waals surface area contributed by atoms with E-state index in [1.165, 1.54) is 11.1 Å². The van der Waals surface area contributed by atoms with Crippen molar-refractivity contribution >= 4 is 55.6 Å². The maximum Gasteiger partial charge on any atom is 0.172 e. The molecule has 1 atom stereocenters. The van der Waals surface area contributed by atoms with E-state index in [9.17, 15) is 0 Å². The molecule has 10 aromatic rings. The summed E-state index contributed by atoms with van der Waals surface area (Å²) in [6.45, 7) is 0. The average Bonchev–Trinajstić information content (AvgIpc) is 3.73. The van der Waals surface area contributed by atoms with Crippen LogP contribution >= 0.6 is 7.14 Å². The molecule has 2 heterocycles. The van der Waals surface area contributed by atoms with Gasteiger partial charge in [0.05, 0.1) is 11.0 Å². The van der Waals surface area contributed by atoms with Crippen LogP contribution < -0.4 is 15.9 Å². The van der Waals surface area contributed by atoms with E-state index in [1.54, 1.807) is 0 Å². The van der Waals surface area contributed by atoms with Crippen LogP contribution in [0.5, 0.6) is 0 Å². The van der Waals surface area contributed by atoms with Gasteiger partial charge in [-0.25, -0.2) is 0 Å². The lowest BCUT2D eigenvalue weighted by atomic mass is 9.96. The summed E-state index contributed by atoms with van der Waals surface area (Å²) in [6, 6.07) is 73.0. The van der Waals surface area contributed by atoms with Crippen LogP contribution in [0.1, 0.15) is 0 Å². The van der Waals surface area contributed by atoms with Crippen molar-refractivity contribution in [3.8, 4) is 50.2 Å². The summed E-state index contributed by atoms with van der Waals surface area (Å²) < 4.78 is 18.7. The summed E-state index contributed by atoms with van der Waals surface area (Å²) >= 11 is 0. The summed E-state index contributed by atoms with van der Waals surface area (Å²) in [6.07, 6.45) is 0. The third kappa shape index (κ3) is 4.92. The van der Waals surface area contributed by atoms with E-state index >= 15 is 4.57 Å². The van der Waals surface area contributed by atoms with Crippen molar-refractivity contribution < 1.29 is 4.57 Å². The molecule has 0 radical (unpaired) electrons. The molecule has 0 amide bonds. The Bertz CT molecular complexity index is 3150. The minimum atomic E-state index is -3.29. The molecule has 3 heteroatoms. The van der Waals surface area contributed by atoms with Crippen molar-refractivity contribution in [2.24, 2.45) is 0 Å². The van der Waals surface area contributed by atoms with Gasteiger partial charge < -0.3 is 9.13 Å². The Balaban J connectivity index is 1.19. The highest BCUT2D eigenvalue weighted by Crippen LogP contribution is 2.56. The number of rotatable bonds is 5. The smallest absolute Gasteiger partial charge is 0.172 e. The first-order chi connectivity index (χ1) is 27.1. The zero-order valence-corrected chi connectivity index (χ0v) is 30.8. The lowest BCUT2D eigenvalue weighted by Crippen LogP contribution is -2.21. The molecule has 258 valence electrons. The van der Waals surface area contributed by atoms with Crippen molar-refractivity contribution in [2.45, 2.75) is 0 Å². The van der Waals surface area contributed by atoms with E-state index in [2.05, 4.69) is 180 Å². The third-order valence-corrected chi connectivity index (χ3v) is 14.5. The minimum Gasteiger partial charge on any atom is -0.309 e. The molecule has 0 bridgehead atoms. The molecule has 0 fully saturated rings. The van der Waals surface area contributed by atoms with Gasteiger partial charge in [-0.15, -0.1) is 0 Å². The fourth-order valence-electron chi connectivity index (χ4n) is 8.79. The van der Waals surface area contributed by atoms with Crippen molar-refractivity contribution in [3.63, 3.8) is 0 Å². The summed E-state index contributed by atoms with van der Waals surface area (Å²) in [5.41, 5.74) is 12.3. The van der Waals surface area contributed by atoms with Gasteiger partial charge in [0.2, 0.25) is 0 Å². The van der Waals surface area contributed by atoms with Crippen LogP contribution in [0.15, 0.2) is 206 Å². The molecule has 0 saturated heterocycles. The Kier molecular flexibility index (Phi) is 7.17. The molecule has 11 rings (SSSR count). The number of aromatic nitrogens is 1. The maximum atomic E-state index is 16.3. The molecule has 1 unspecified atom stereocenters. The second kappa shape index (κ2) is 12.4. The predicted molar refractivity (Wildman–Crippen MR) is 233 cm³/mol. The fourth-order valence-corrected chi connectivity index (χ4v) is 12.1. The maximum absolute atomic E-state index is 16.3. The van der Waals surface area contributed by atoms with Crippen LogP contribution in [-0.2, 0) is 4.57 Å². The molecule has 2 nitrogen and oxygen atoms in total. The fraction of sp³-hybridized carbons (Fsp3) is 0. The normalized spacial score (nSPS) is 14.7. The predicted octanol–water partition coefficient (Wildman–Crippen LogP) is 12.6. The Morgan fingerprint density at radius 2 is 0.909 bits per heavy atom. The number of hydrogen-bond donors (Lipinski definition) is 0. The largest absolute Gasteiger partial charge is 0.309 e. The van der Waals surface area contributed by atoms with Gasteiger partial charge >= 0.3 is 0 Å². The molecular weight excluding hydrogens is 686 g/mol. The van der Waals surface area contributed by atoms with E-state index in [-0.39, 0.29) is 0 Å². The second-order valence-electron chi connectivity index (χ2n) is 14.4. The average molecular weight is 720 g/mol. The highest BCUT2D eigenvalue weighted by molar-refractivity contribution is 7.87. The van der Waals surface area contributed by atoms with Gasteiger partial charge in [0.15, 0.2) is 7.14 Å². The van der Waals surface area contributed by atoms with Gasteiger partial charge in [-0.3, -0.25) is 0 Å². The Morgan fingerprint density at radius 3 is 1.58 bits per heavy atom. The van der Waals surface area contributed by atoms with Crippen LogP contribution in [-0.4, -0.2) is 4.57 Å². The van der Waals surface area contributed by atoms with Gasteiger partial charge in [-0.1, -0.05) is 164 Å². The van der Waals surface area contributed by atoms with E-state index < -0.39 is 7.14 Å². The van der Waals surface area contributed by atoms with Gasteiger partial charge in [0.25, 0.3) is 0 Å². The van der Waals surface area contributed by atoms with Crippen molar-refractivity contribution in [3.05, 3.63) is 206 Å². The number of hydrogen-bond acceptors (Lipinski definition) is 1. The number of benzene rings is 9. The number of fused-ring (bicyclic) bond motifs is 8. The molecular formula is C52H34NOP. The molecule has 0 saturated carbocycles. The van der Waals surface area contributed by atoms with Gasteiger partial charge in [-0.2, -0.15) is 0 Å². The van der Waals surface area contributed by atoms with Crippen LogP contribution in [0.4, 0.5) is 0 Å². The summed E-state index contributed by atoms with van der Waals surface area (Å²) in [7, 11) is -3.29. The van der Waals surface area contributed by atoms with Crippen molar-refractivity contribution in [2.75, 3.05) is 0 Å². The first kappa shape index (κ1) is 31.8. The van der Waals surface area contributed by atoms with Crippen LogP contribution in [0, 0.1) is 0 Å². The lowest BCUT2D eigenvalue weighted by Gasteiger charge is -2.18. The molecule has 1 aromatic heterocycles. The van der Waals surface area contributed by atoms with Gasteiger partial charge in [-0.05, 0) is 97.7 Å². The van der Waals surface area contributed by atoms with E-state index in [1.807, 2.05) is 30.3 Å². The molecule has 1 aliphatic heterocycles. The van der Waals surface area contributed by atoms with E-state index in [4.69, 9.17) is 0 Å². The van der Waals surface area contributed by atoms with Crippen LogP contribution in [0.3, 0.4) is 0 Å². The SMILES string of the molecule is O=P1(c2ccccc2)c2cc3ccccc3cc2-c2ccc3c(c21)c1ccccc1n3-c1cc(-c2ccccc2)cc(-c2ccc(-c3ccccc3)cc2)c1. The quantitative estimate of drug-likeness (QED) is 0.162. The molecule has 0 spiro atoms. The van der Waals surface area contributed by atoms with Crippen molar-refractivity contribution in [1.82, 2.24) is 4.57 Å². The van der Waals surface area contributed by atoms with E-state index in [0.29, 0.717) is 0 Å². The molecule has 55 heavy (non-hydrogen) atoms. The van der Waals surface area contributed by atoms with Gasteiger partial charge in [0, 0.05) is 32.4 Å². The Labute approximate surface area is 320 Å². The third-order valence-electron chi connectivity index (χ3n) is 11.3. The van der Waals surface area contributed by atoms with E-state index in [0.717, 1.165) is 87.6 Å². The van der Waals surface area contributed by atoms with Crippen LogP contribution in [0.25, 0.3) is 82.8 Å². The topological polar surface area (TPSA) is 22.0 Å². The summed E-state index contributed by atoms with van der Waals surface area (Å²) in [5.74, 6) is 0. The first-order valence-corrected chi connectivity index (χ1v) is 20.5. The summed E-state index contributed by atoms with van der Waals surface area (Å²) in [4.78, 5) is 0. The Morgan fingerprint density at radius 1 is 0.382 bits per heavy atom. The molecule has 1 aliphatic rings. The number of para-hydroxylation sites is 1. The van der Waals surface area contributed by atoms with Gasteiger partial charge in [0.1, 0.15) is 0 Å². The standard InChI is InChI=1S/C52H34NOP/c54-55(44-20-8-3-9-21-44)50-34-40-19-11-10-18-39(40)33-47(50)45-28-29-49-51(52(45)55)46-22-12-13-23-48(46)53(49)43-31-41(36-16-6-2-7-17-36)30-42(32-43)38-26-24-37(25-27-38)35-14-4-1-5-15-35/h1-34H. The van der Waals surface area contributed by atoms with Crippen molar-refractivity contribution in [1.29, 1.82) is 0 Å². The summed E-state index contributed by atoms with van der Waals surface area (Å²) in [5, 5.41) is 7.13. The molecule has 0 N–H and O–H groups in total. The zero-order valence-electron chi connectivity index (χ0n) is 29.9. The molecule has 9 aromatic carbocycles. The highest BCUT2D eigenvalue weighted by atomic mass is 31.2. The van der Waals surface area contributed by atoms with Crippen LogP contribution in [0.2, 0.25) is 0 Å². The Hall–Kier alpha value is -6.73. The second-order valence-corrected chi connectivity index (χ2v) is 17.1. The lowest BCUT2D eigenvalue weighted by molar-refractivity contribution is 0.593. The zero-order chi connectivity index (χ0) is 36.5. The number of nitrogens with zero attached hydrogens (tertiary/aromatic N) is 1.